The SMILES string of the molecule is CCCCCCCCC(=O)N1C(=O)OC[C@@H]1CC.CCCCCCCCCCC=CCBr. The van der Waals surface area contributed by atoms with Gasteiger partial charge in [-0.15, -0.1) is 0 Å². The van der Waals surface area contributed by atoms with Crippen LogP contribution in [0.4, 0.5) is 4.79 Å². The fourth-order valence-corrected chi connectivity index (χ4v) is 4.08. The van der Waals surface area contributed by atoms with Gasteiger partial charge in [-0.1, -0.05) is 126 Å². The van der Waals surface area contributed by atoms with Gasteiger partial charge in [0.05, 0.1) is 6.04 Å². The van der Waals surface area contributed by atoms with E-state index < -0.39 is 6.09 Å². The molecular weight excluding hydrogens is 466 g/mol. The van der Waals surface area contributed by atoms with E-state index in [4.69, 9.17) is 4.74 Å². The topological polar surface area (TPSA) is 46.6 Å². The van der Waals surface area contributed by atoms with E-state index in [-0.39, 0.29) is 11.9 Å². The number of nitrogens with zero attached hydrogens (tertiary/aromatic N) is 1. The Bertz CT molecular complexity index is 482. The number of ether oxygens (including phenoxy) is 1. The van der Waals surface area contributed by atoms with Crippen LogP contribution in [0.2, 0.25) is 0 Å². The molecule has 0 aliphatic carbocycles. The lowest BCUT2D eigenvalue weighted by atomic mass is 10.1. The summed E-state index contributed by atoms with van der Waals surface area (Å²) in [5.74, 6) is -0.0696. The fourth-order valence-electron chi connectivity index (χ4n) is 3.82. The molecule has 0 radical (unpaired) electrons. The average Bonchev–Trinajstić information content (AvgIpc) is 3.18. The van der Waals surface area contributed by atoms with Crippen LogP contribution in [0.15, 0.2) is 12.2 Å². The van der Waals surface area contributed by atoms with Gasteiger partial charge in [0, 0.05) is 11.8 Å². The molecule has 4 nitrogen and oxygen atoms in total. The number of alkyl halides is 1. The molecule has 32 heavy (non-hydrogen) atoms. The van der Waals surface area contributed by atoms with Crippen LogP contribution in [-0.4, -0.2) is 34.9 Å². The molecule has 0 bridgehead atoms. The number of carbonyl (C=O) groups is 2. The largest absolute Gasteiger partial charge is 0.447 e. The average molecular weight is 517 g/mol. The Balaban J connectivity index is 0.000000622. The number of hydrogen-bond donors (Lipinski definition) is 0. The second kappa shape index (κ2) is 23.3. The number of halogens is 1. The minimum absolute atomic E-state index is 0.0508. The molecule has 1 aliphatic rings. The summed E-state index contributed by atoms with van der Waals surface area (Å²) in [6, 6.07) is -0.0508. The maximum Gasteiger partial charge on any atom is 0.416 e. The van der Waals surface area contributed by atoms with E-state index >= 15 is 0 Å². The zero-order valence-corrected chi connectivity index (χ0v) is 22.8. The second-order valence-electron chi connectivity index (χ2n) is 8.81. The molecule has 0 unspecified atom stereocenters. The van der Waals surface area contributed by atoms with Gasteiger partial charge >= 0.3 is 6.09 Å². The van der Waals surface area contributed by atoms with Gasteiger partial charge in [-0.2, -0.15) is 0 Å². The lowest BCUT2D eigenvalue weighted by Crippen LogP contribution is -2.38. The van der Waals surface area contributed by atoms with Crippen molar-refractivity contribution in [3.8, 4) is 0 Å². The van der Waals surface area contributed by atoms with Crippen LogP contribution in [0, 0.1) is 0 Å². The Morgan fingerprint density at radius 3 is 1.94 bits per heavy atom. The van der Waals surface area contributed by atoms with Crippen LogP contribution in [0.1, 0.15) is 130 Å². The molecule has 0 spiro atoms. The minimum Gasteiger partial charge on any atom is -0.447 e. The minimum atomic E-state index is -0.460. The highest BCUT2D eigenvalue weighted by Crippen LogP contribution is 2.18. The van der Waals surface area contributed by atoms with Crippen molar-refractivity contribution in [2.24, 2.45) is 0 Å². The van der Waals surface area contributed by atoms with E-state index in [0.717, 1.165) is 24.6 Å². The van der Waals surface area contributed by atoms with Gasteiger partial charge < -0.3 is 4.74 Å². The van der Waals surface area contributed by atoms with E-state index in [1.807, 2.05) is 6.92 Å². The number of cyclic esters (lactones) is 1. The molecule has 5 heteroatoms. The monoisotopic (exact) mass is 515 g/mol. The Morgan fingerprint density at radius 1 is 0.875 bits per heavy atom. The molecule has 1 fully saturated rings. The molecule has 0 N–H and O–H groups in total. The molecule has 1 saturated heterocycles. The van der Waals surface area contributed by atoms with E-state index in [9.17, 15) is 9.59 Å². The summed E-state index contributed by atoms with van der Waals surface area (Å²) in [4.78, 5) is 24.7. The van der Waals surface area contributed by atoms with Crippen molar-refractivity contribution >= 4 is 27.9 Å². The third-order valence-electron chi connectivity index (χ3n) is 5.93. The van der Waals surface area contributed by atoms with Crippen molar-refractivity contribution in [3.63, 3.8) is 0 Å². The summed E-state index contributed by atoms with van der Waals surface area (Å²) in [5, 5.41) is 1.00. The van der Waals surface area contributed by atoms with Gasteiger partial charge in [-0.05, 0) is 25.7 Å². The Hall–Kier alpha value is -0.840. The van der Waals surface area contributed by atoms with Crippen LogP contribution in [0.3, 0.4) is 0 Å². The van der Waals surface area contributed by atoms with Crippen molar-refractivity contribution in [2.75, 3.05) is 11.9 Å². The van der Waals surface area contributed by atoms with Crippen molar-refractivity contribution in [2.45, 2.75) is 136 Å². The summed E-state index contributed by atoms with van der Waals surface area (Å²) in [5.41, 5.74) is 0. The molecule has 1 rings (SSSR count). The molecule has 1 aliphatic heterocycles. The van der Waals surface area contributed by atoms with Crippen LogP contribution >= 0.6 is 15.9 Å². The number of imide groups is 1. The molecule has 2 amide bonds. The number of amides is 2. The summed E-state index contributed by atoms with van der Waals surface area (Å²) < 4.78 is 4.92. The van der Waals surface area contributed by atoms with Crippen molar-refractivity contribution < 1.29 is 14.3 Å². The van der Waals surface area contributed by atoms with Gasteiger partial charge in [0.25, 0.3) is 0 Å². The first-order chi connectivity index (χ1) is 15.6. The van der Waals surface area contributed by atoms with Crippen LogP contribution in [0.5, 0.6) is 0 Å². The maximum absolute atomic E-state index is 11.9. The standard InChI is InChI=1S/C14H25NO3.C13H25Br/c1-3-5-6-7-8-9-10-13(16)15-12(4-2)11-18-14(15)17;1-2-3-4-5-6-7-8-9-10-11-12-13-14/h12H,3-11H2,1-2H3;11-12H,2-10,13H2,1H3/t12-;/m0./s1. The van der Waals surface area contributed by atoms with Gasteiger partial charge in [0.15, 0.2) is 0 Å². The summed E-state index contributed by atoms with van der Waals surface area (Å²) in [6.07, 6.45) is 24.8. The Morgan fingerprint density at radius 2 is 1.41 bits per heavy atom. The lowest BCUT2D eigenvalue weighted by Gasteiger charge is -2.17. The molecule has 0 saturated carbocycles. The van der Waals surface area contributed by atoms with E-state index in [2.05, 4.69) is 41.9 Å². The molecule has 1 heterocycles. The summed E-state index contributed by atoms with van der Waals surface area (Å²) >= 11 is 3.38. The first kappa shape index (κ1) is 31.2. The quantitative estimate of drug-likeness (QED) is 0.104. The van der Waals surface area contributed by atoms with Crippen molar-refractivity contribution in [1.82, 2.24) is 4.90 Å². The Kier molecular flexibility index (Phi) is 22.7. The van der Waals surface area contributed by atoms with Gasteiger partial charge in [-0.3, -0.25) is 4.79 Å². The normalized spacial score (nSPS) is 15.7. The number of hydrogen-bond acceptors (Lipinski definition) is 3. The first-order valence-electron chi connectivity index (χ1n) is 13.3. The predicted molar refractivity (Wildman–Crippen MR) is 140 cm³/mol. The maximum atomic E-state index is 11.9. The molecule has 1 atom stereocenters. The smallest absolute Gasteiger partial charge is 0.416 e. The number of rotatable bonds is 18. The third-order valence-corrected chi connectivity index (χ3v) is 6.30. The van der Waals surface area contributed by atoms with Gasteiger partial charge in [0.1, 0.15) is 6.61 Å². The summed E-state index contributed by atoms with van der Waals surface area (Å²) in [7, 11) is 0. The summed E-state index contributed by atoms with van der Waals surface area (Å²) in [6.45, 7) is 6.79. The predicted octanol–water partition coefficient (Wildman–Crippen LogP) is 8.96. The van der Waals surface area contributed by atoms with Crippen LogP contribution < -0.4 is 0 Å². The zero-order chi connectivity index (χ0) is 23.9. The fraction of sp³-hybridized carbons (Fsp3) is 0.852. The first-order valence-corrected chi connectivity index (χ1v) is 14.4. The molecule has 0 aromatic carbocycles. The number of allylic oxidation sites excluding steroid dienone is 2. The van der Waals surface area contributed by atoms with Crippen LogP contribution in [0.25, 0.3) is 0 Å². The van der Waals surface area contributed by atoms with Gasteiger partial charge in [0.2, 0.25) is 5.91 Å². The zero-order valence-electron chi connectivity index (χ0n) is 21.2. The van der Waals surface area contributed by atoms with E-state index in [1.54, 1.807) is 0 Å². The number of carbonyl (C=O) groups excluding carboxylic acids is 2. The molecule has 0 aromatic heterocycles. The van der Waals surface area contributed by atoms with Crippen molar-refractivity contribution in [3.05, 3.63) is 12.2 Å². The highest BCUT2D eigenvalue weighted by molar-refractivity contribution is 9.09. The highest BCUT2D eigenvalue weighted by atomic mass is 79.9. The van der Waals surface area contributed by atoms with Crippen LogP contribution in [-0.2, 0) is 9.53 Å². The number of unbranched alkanes of at least 4 members (excludes halogenated alkanes) is 13. The molecule has 0 aromatic rings. The lowest BCUT2D eigenvalue weighted by molar-refractivity contribution is -0.129. The molecule has 188 valence electrons. The van der Waals surface area contributed by atoms with Gasteiger partial charge in [-0.25, -0.2) is 9.69 Å². The van der Waals surface area contributed by atoms with E-state index in [0.29, 0.717) is 13.0 Å². The highest BCUT2D eigenvalue weighted by Gasteiger charge is 2.35. The van der Waals surface area contributed by atoms with Crippen molar-refractivity contribution in [1.29, 1.82) is 0 Å². The second-order valence-corrected chi connectivity index (χ2v) is 9.46. The van der Waals surface area contributed by atoms with E-state index in [1.165, 1.54) is 88.4 Å². The molecular formula is C27H50BrNO3. The Labute approximate surface area is 207 Å². The third kappa shape index (κ3) is 16.7.